The van der Waals surface area contributed by atoms with Crippen molar-refractivity contribution >= 4 is 22.8 Å². The fourth-order valence-electron chi connectivity index (χ4n) is 3.76. The molecule has 0 unspecified atom stereocenters. The van der Waals surface area contributed by atoms with Crippen LogP contribution in [-0.2, 0) is 18.4 Å². The van der Waals surface area contributed by atoms with Crippen LogP contribution in [-0.4, -0.2) is 25.0 Å². The molecule has 3 aromatic rings. The maximum atomic E-state index is 12.4. The van der Waals surface area contributed by atoms with E-state index in [1.807, 2.05) is 12.1 Å². The molecule has 0 atom stereocenters. The first-order chi connectivity index (χ1) is 13.0. The molecule has 27 heavy (non-hydrogen) atoms. The number of rotatable bonds is 4. The summed E-state index contributed by atoms with van der Waals surface area (Å²) >= 11 is 0. The highest BCUT2D eigenvalue weighted by molar-refractivity contribution is 5.91. The van der Waals surface area contributed by atoms with Crippen LogP contribution in [0.15, 0.2) is 40.2 Å². The zero-order valence-corrected chi connectivity index (χ0v) is 15.1. The number of imidazole rings is 1. The van der Waals surface area contributed by atoms with Crippen LogP contribution in [0.3, 0.4) is 0 Å². The van der Waals surface area contributed by atoms with Gasteiger partial charge in [-0.25, -0.2) is 9.78 Å². The fourth-order valence-corrected chi connectivity index (χ4v) is 3.76. The SMILES string of the molecule is Cn1c(=O)[nH]c(=O)c2c1ncn2CC(=O)Nc1ccc(C2CCCC2)cc1. The number of fused-ring (bicyclic) bond motifs is 1. The third kappa shape index (κ3) is 3.30. The molecule has 0 spiro atoms. The van der Waals surface area contributed by atoms with Gasteiger partial charge in [-0.05, 0) is 36.5 Å². The first-order valence-electron chi connectivity index (χ1n) is 9.07. The number of nitrogens with one attached hydrogen (secondary N) is 2. The third-order valence-corrected chi connectivity index (χ3v) is 5.21. The van der Waals surface area contributed by atoms with Crippen LogP contribution in [0.1, 0.15) is 37.2 Å². The molecule has 8 nitrogen and oxygen atoms in total. The van der Waals surface area contributed by atoms with E-state index in [4.69, 9.17) is 0 Å². The van der Waals surface area contributed by atoms with E-state index in [9.17, 15) is 14.4 Å². The van der Waals surface area contributed by atoms with E-state index in [0.29, 0.717) is 11.6 Å². The normalized spacial score (nSPS) is 14.7. The Morgan fingerprint density at radius 3 is 2.63 bits per heavy atom. The van der Waals surface area contributed by atoms with Gasteiger partial charge in [-0.2, -0.15) is 0 Å². The lowest BCUT2D eigenvalue weighted by Crippen LogP contribution is -2.30. The molecule has 1 saturated carbocycles. The van der Waals surface area contributed by atoms with Gasteiger partial charge in [0.05, 0.1) is 6.33 Å². The Balaban J connectivity index is 1.50. The van der Waals surface area contributed by atoms with E-state index in [2.05, 4.69) is 27.4 Å². The van der Waals surface area contributed by atoms with Gasteiger partial charge in [0.2, 0.25) is 5.91 Å². The molecule has 2 aromatic heterocycles. The van der Waals surface area contributed by atoms with E-state index < -0.39 is 11.2 Å². The molecule has 2 heterocycles. The predicted octanol–water partition coefficient (Wildman–Crippen LogP) is 1.72. The molecule has 8 heteroatoms. The molecule has 0 bridgehead atoms. The van der Waals surface area contributed by atoms with Gasteiger partial charge in [0.25, 0.3) is 5.56 Å². The molecule has 0 aliphatic heterocycles. The van der Waals surface area contributed by atoms with Crippen LogP contribution in [0.5, 0.6) is 0 Å². The minimum atomic E-state index is -0.556. The summed E-state index contributed by atoms with van der Waals surface area (Å²) in [6.07, 6.45) is 6.43. The lowest BCUT2D eigenvalue weighted by atomic mass is 9.98. The summed E-state index contributed by atoms with van der Waals surface area (Å²) in [6.45, 7) is -0.0673. The first kappa shape index (κ1) is 17.3. The number of carbonyl (C=O) groups is 1. The van der Waals surface area contributed by atoms with Gasteiger partial charge in [0.1, 0.15) is 6.54 Å². The molecule has 1 aromatic carbocycles. The van der Waals surface area contributed by atoms with Crippen molar-refractivity contribution in [2.45, 2.75) is 38.1 Å². The molecule has 1 aliphatic carbocycles. The molecular weight excluding hydrogens is 346 g/mol. The quantitative estimate of drug-likeness (QED) is 0.733. The van der Waals surface area contributed by atoms with Crippen molar-refractivity contribution in [3.63, 3.8) is 0 Å². The van der Waals surface area contributed by atoms with E-state index in [1.54, 1.807) is 0 Å². The summed E-state index contributed by atoms with van der Waals surface area (Å²) in [5.41, 5.74) is 1.39. The monoisotopic (exact) mass is 367 g/mol. The Morgan fingerprint density at radius 2 is 1.93 bits per heavy atom. The van der Waals surface area contributed by atoms with Crippen molar-refractivity contribution in [2.75, 3.05) is 5.32 Å². The average Bonchev–Trinajstić information content (AvgIpc) is 3.31. The van der Waals surface area contributed by atoms with Crippen molar-refractivity contribution < 1.29 is 4.79 Å². The number of carbonyl (C=O) groups excluding carboxylic acids is 1. The van der Waals surface area contributed by atoms with Crippen molar-refractivity contribution in [3.05, 3.63) is 57.0 Å². The maximum absolute atomic E-state index is 12.4. The summed E-state index contributed by atoms with van der Waals surface area (Å²) in [4.78, 5) is 42.4. The van der Waals surface area contributed by atoms with Gasteiger partial charge < -0.3 is 9.88 Å². The Bertz CT molecular complexity index is 1100. The van der Waals surface area contributed by atoms with Crippen molar-refractivity contribution in [1.29, 1.82) is 0 Å². The molecule has 1 amide bonds. The topological polar surface area (TPSA) is 102 Å². The van der Waals surface area contributed by atoms with Crippen LogP contribution in [0.2, 0.25) is 0 Å². The zero-order valence-electron chi connectivity index (χ0n) is 15.1. The second-order valence-corrected chi connectivity index (χ2v) is 7.01. The summed E-state index contributed by atoms with van der Waals surface area (Å²) in [5, 5.41) is 2.84. The highest BCUT2D eigenvalue weighted by Gasteiger charge is 2.17. The van der Waals surface area contributed by atoms with E-state index in [1.165, 1.54) is 53.8 Å². The van der Waals surface area contributed by atoms with E-state index >= 15 is 0 Å². The molecule has 0 saturated heterocycles. The molecule has 1 aliphatic rings. The van der Waals surface area contributed by atoms with Crippen LogP contribution < -0.4 is 16.6 Å². The van der Waals surface area contributed by atoms with Gasteiger partial charge in [0.15, 0.2) is 11.2 Å². The minimum absolute atomic E-state index is 0.0673. The fraction of sp³-hybridized carbons (Fsp3) is 0.368. The van der Waals surface area contributed by atoms with Crippen LogP contribution in [0, 0.1) is 0 Å². The smallest absolute Gasteiger partial charge is 0.325 e. The molecule has 2 N–H and O–H groups in total. The summed E-state index contributed by atoms with van der Waals surface area (Å²) in [7, 11) is 1.52. The maximum Gasteiger partial charge on any atom is 0.329 e. The highest BCUT2D eigenvalue weighted by Crippen LogP contribution is 2.34. The number of aromatic amines is 1. The standard InChI is InChI=1S/C19H21N5O3/c1-23-17-16(18(26)22-19(23)27)24(11-20-17)10-15(25)21-14-8-6-13(7-9-14)12-4-2-3-5-12/h6-9,11-12H,2-5,10H2,1H3,(H,21,25)(H,22,26,27). The number of aromatic nitrogens is 4. The number of anilines is 1. The molecule has 1 fully saturated rings. The number of hydrogen-bond donors (Lipinski definition) is 2. The number of nitrogens with zero attached hydrogens (tertiary/aromatic N) is 3. The minimum Gasteiger partial charge on any atom is -0.325 e. The van der Waals surface area contributed by atoms with Gasteiger partial charge in [-0.15, -0.1) is 0 Å². The van der Waals surface area contributed by atoms with Crippen molar-refractivity contribution in [3.8, 4) is 0 Å². The highest BCUT2D eigenvalue weighted by atomic mass is 16.2. The Hall–Kier alpha value is -3.16. The second-order valence-electron chi connectivity index (χ2n) is 7.01. The number of amides is 1. The van der Waals surface area contributed by atoms with E-state index in [0.717, 1.165) is 0 Å². The summed E-state index contributed by atoms with van der Waals surface area (Å²) in [5.74, 6) is 0.363. The Labute approximate surface area is 154 Å². The Morgan fingerprint density at radius 1 is 1.22 bits per heavy atom. The molecule has 4 rings (SSSR count). The van der Waals surface area contributed by atoms with Crippen molar-refractivity contribution in [2.24, 2.45) is 7.05 Å². The number of hydrogen-bond acceptors (Lipinski definition) is 4. The number of benzene rings is 1. The second kappa shape index (κ2) is 6.86. The van der Waals surface area contributed by atoms with Crippen LogP contribution >= 0.6 is 0 Å². The molecule has 0 radical (unpaired) electrons. The summed E-state index contributed by atoms with van der Waals surface area (Å²) < 4.78 is 2.68. The average molecular weight is 367 g/mol. The van der Waals surface area contributed by atoms with Crippen LogP contribution in [0.25, 0.3) is 11.2 Å². The molecular formula is C19H21N5O3. The zero-order chi connectivity index (χ0) is 19.0. The number of H-pyrrole nitrogens is 1. The lowest BCUT2D eigenvalue weighted by molar-refractivity contribution is -0.116. The van der Waals surface area contributed by atoms with E-state index in [-0.39, 0.29) is 23.6 Å². The van der Waals surface area contributed by atoms with Gasteiger partial charge >= 0.3 is 5.69 Å². The summed E-state index contributed by atoms with van der Waals surface area (Å²) in [6, 6.07) is 7.96. The lowest BCUT2D eigenvalue weighted by Gasteiger charge is -2.11. The largest absolute Gasteiger partial charge is 0.329 e. The number of aryl methyl sites for hydroxylation is 1. The third-order valence-electron chi connectivity index (χ3n) is 5.21. The predicted molar refractivity (Wildman–Crippen MR) is 102 cm³/mol. The molecule has 140 valence electrons. The van der Waals surface area contributed by atoms with Gasteiger partial charge in [0, 0.05) is 12.7 Å². The Kier molecular flexibility index (Phi) is 4.39. The van der Waals surface area contributed by atoms with Crippen molar-refractivity contribution in [1.82, 2.24) is 19.1 Å². The van der Waals surface area contributed by atoms with Crippen LogP contribution in [0.4, 0.5) is 5.69 Å². The first-order valence-corrected chi connectivity index (χ1v) is 9.07. The van der Waals surface area contributed by atoms with Gasteiger partial charge in [-0.3, -0.25) is 19.1 Å². The van der Waals surface area contributed by atoms with Gasteiger partial charge in [-0.1, -0.05) is 25.0 Å².